The van der Waals surface area contributed by atoms with Crippen molar-refractivity contribution in [3.8, 4) is 6.07 Å². The molecule has 2 aliphatic rings. The molecule has 7 nitrogen and oxygen atoms in total. The zero-order chi connectivity index (χ0) is 24.1. The summed E-state index contributed by atoms with van der Waals surface area (Å²) < 4.78 is 0. The van der Waals surface area contributed by atoms with Crippen LogP contribution in [-0.4, -0.2) is 34.9 Å². The molecule has 1 aliphatic carbocycles. The summed E-state index contributed by atoms with van der Waals surface area (Å²) in [7, 11) is 0. The number of hydrogen-bond donors (Lipinski definition) is 2. The number of carbonyl (C=O) groups is 3. The lowest BCUT2D eigenvalue weighted by molar-refractivity contribution is -0.129. The second kappa shape index (κ2) is 11.1. The smallest absolute Gasteiger partial charge is 0.235 e. The van der Waals surface area contributed by atoms with Crippen molar-refractivity contribution in [2.75, 3.05) is 22.9 Å². The summed E-state index contributed by atoms with van der Waals surface area (Å²) in [6.07, 6.45) is 5.95. The third-order valence-corrected chi connectivity index (χ3v) is 8.44. The van der Waals surface area contributed by atoms with Gasteiger partial charge in [0.2, 0.25) is 17.7 Å². The van der Waals surface area contributed by atoms with Crippen molar-refractivity contribution in [1.82, 2.24) is 4.90 Å². The van der Waals surface area contributed by atoms with E-state index in [4.69, 9.17) is 0 Å². The Morgan fingerprint density at radius 2 is 2.00 bits per heavy atom. The van der Waals surface area contributed by atoms with E-state index < -0.39 is 0 Å². The van der Waals surface area contributed by atoms with Gasteiger partial charge in [0.15, 0.2) is 0 Å². The number of thioether (sulfide) groups is 1. The van der Waals surface area contributed by atoms with Crippen molar-refractivity contribution in [2.45, 2.75) is 56.9 Å². The molecule has 0 spiro atoms. The van der Waals surface area contributed by atoms with Crippen LogP contribution in [0.15, 0.2) is 29.2 Å². The molecule has 1 saturated carbocycles. The standard InChI is InChI=1S/C25H28N4O3S2/c1-16(30)29-11-10-20-21(13-26)25(34-22(20)14-29)28-23(31)15-33-19-9-5-8-18(12-19)27-24(32)17-6-3-2-4-7-17/h5,8-9,12,17H,2-4,6-7,10-11,14-15H2,1H3,(H,27,32)(H,28,31). The molecular weight excluding hydrogens is 468 g/mol. The van der Waals surface area contributed by atoms with E-state index in [9.17, 15) is 19.6 Å². The maximum Gasteiger partial charge on any atom is 0.235 e. The summed E-state index contributed by atoms with van der Waals surface area (Å²) in [4.78, 5) is 40.5. The van der Waals surface area contributed by atoms with E-state index in [1.54, 1.807) is 11.8 Å². The highest BCUT2D eigenvalue weighted by molar-refractivity contribution is 8.00. The highest BCUT2D eigenvalue weighted by Gasteiger charge is 2.26. The van der Waals surface area contributed by atoms with Gasteiger partial charge in [0, 0.05) is 34.8 Å². The van der Waals surface area contributed by atoms with Crippen LogP contribution in [0.5, 0.6) is 0 Å². The summed E-state index contributed by atoms with van der Waals surface area (Å²) in [5.41, 5.74) is 2.19. The van der Waals surface area contributed by atoms with Gasteiger partial charge in [0.25, 0.3) is 0 Å². The molecule has 1 aromatic carbocycles. The van der Waals surface area contributed by atoms with Crippen LogP contribution in [-0.2, 0) is 27.3 Å². The van der Waals surface area contributed by atoms with Gasteiger partial charge >= 0.3 is 0 Å². The van der Waals surface area contributed by atoms with E-state index in [-0.39, 0.29) is 29.4 Å². The molecule has 3 amide bonds. The lowest BCUT2D eigenvalue weighted by Crippen LogP contribution is -2.33. The molecule has 4 rings (SSSR count). The minimum Gasteiger partial charge on any atom is -0.337 e. The molecule has 0 atom stereocenters. The van der Waals surface area contributed by atoms with Crippen LogP contribution in [0.4, 0.5) is 10.7 Å². The SMILES string of the molecule is CC(=O)N1CCc2c(sc(NC(=O)CSc3cccc(NC(=O)C4CCCCC4)c3)c2C#N)C1. The Balaban J connectivity index is 1.34. The average molecular weight is 497 g/mol. The van der Waals surface area contributed by atoms with Crippen molar-refractivity contribution in [3.63, 3.8) is 0 Å². The van der Waals surface area contributed by atoms with E-state index in [0.29, 0.717) is 30.1 Å². The highest BCUT2D eigenvalue weighted by Crippen LogP contribution is 2.37. The van der Waals surface area contributed by atoms with Gasteiger partial charge in [-0.15, -0.1) is 23.1 Å². The fraction of sp³-hybridized carbons (Fsp3) is 0.440. The van der Waals surface area contributed by atoms with Crippen LogP contribution in [0.3, 0.4) is 0 Å². The number of nitriles is 1. The molecule has 178 valence electrons. The summed E-state index contributed by atoms with van der Waals surface area (Å²) in [5.74, 6) is 0.169. The number of nitrogens with zero attached hydrogens (tertiary/aromatic N) is 2. The lowest BCUT2D eigenvalue weighted by atomic mass is 9.88. The first kappa shape index (κ1) is 24.3. The zero-order valence-corrected chi connectivity index (χ0v) is 20.8. The largest absolute Gasteiger partial charge is 0.337 e. The minimum atomic E-state index is -0.194. The van der Waals surface area contributed by atoms with Crippen molar-refractivity contribution in [2.24, 2.45) is 5.92 Å². The maximum atomic E-state index is 12.6. The number of nitrogens with one attached hydrogen (secondary N) is 2. The second-order valence-corrected chi connectivity index (χ2v) is 10.9. The second-order valence-electron chi connectivity index (χ2n) is 8.70. The lowest BCUT2D eigenvalue weighted by Gasteiger charge is -2.25. The van der Waals surface area contributed by atoms with Crippen molar-refractivity contribution < 1.29 is 14.4 Å². The molecule has 0 saturated heterocycles. The Morgan fingerprint density at radius 3 is 2.74 bits per heavy atom. The van der Waals surface area contributed by atoms with Gasteiger partial charge in [0.1, 0.15) is 11.1 Å². The predicted molar refractivity (Wildman–Crippen MR) is 135 cm³/mol. The third kappa shape index (κ3) is 5.80. The number of hydrogen-bond acceptors (Lipinski definition) is 6. The first-order valence-corrected chi connectivity index (χ1v) is 13.4. The summed E-state index contributed by atoms with van der Waals surface area (Å²) >= 11 is 2.76. The van der Waals surface area contributed by atoms with E-state index in [2.05, 4.69) is 16.7 Å². The molecule has 0 bridgehead atoms. The molecule has 0 radical (unpaired) electrons. The monoisotopic (exact) mass is 496 g/mol. The number of carbonyl (C=O) groups excluding carboxylic acids is 3. The Hall–Kier alpha value is -2.83. The molecule has 1 fully saturated rings. The number of amides is 3. The number of benzene rings is 1. The van der Waals surface area contributed by atoms with Crippen molar-refractivity contribution in [3.05, 3.63) is 40.3 Å². The molecule has 9 heteroatoms. The number of thiophene rings is 1. The molecule has 2 heterocycles. The highest BCUT2D eigenvalue weighted by atomic mass is 32.2. The zero-order valence-electron chi connectivity index (χ0n) is 19.2. The van der Waals surface area contributed by atoms with Crippen molar-refractivity contribution >= 4 is 51.5 Å². The van der Waals surface area contributed by atoms with Gasteiger partial charge in [-0.25, -0.2) is 0 Å². The predicted octanol–water partition coefficient (Wildman–Crippen LogP) is 4.77. The molecule has 2 aromatic rings. The van der Waals surface area contributed by atoms with Gasteiger partial charge in [-0.3, -0.25) is 14.4 Å². The van der Waals surface area contributed by atoms with E-state index in [1.165, 1.54) is 29.5 Å². The normalized spacial score (nSPS) is 15.8. The first-order valence-electron chi connectivity index (χ1n) is 11.6. The van der Waals surface area contributed by atoms with Gasteiger partial charge in [-0.1, -0.05) is 25.3 Å². The van der Waals surface area contributed by atoms with Crippen LogP contribution in [0, 0.1) is 17.2 Å². The molecule has 1 aromatic heterocycles. The average Bonchev–Trinajstić information content (AvgIpc) is 3.19. The molecule has 0 unspecified atom stereocenters. The summed E-state index contributed by atoms with van der Waals surface area (Å²) in [6, 6.07) is 9.76. The Kier molecular flexibility index (Phi) is 7.91. The molecule has 2 N–H and O–H groups in total. The van der Waals surface area contributed by atoms with Gasteiger partial charge in [0.05, 0.1) is 17.9 Å². The number of anilines is 2. The fourth-order valence-corrected chi connectivity index (χ4v) is 6.45. The maximum absolute atomic E-state index is 12.6. The molecular formula is C25H28N4O3S2. The minimum absolute atomic E-state index is 0.0108. The van der Waals surface area contributed by atoms with Crippen LogP contribution in [0.1, 0.15) is 55.0 Å². The number of fused-ring (bicyclic) bond motifs is 1. The molecule has 34 heavy (non-hydrogen) atoms. The Labute approximate surface area is 207 Å². The van der Waals surface area contributed by atoms with E-state index in [0.717, 1.165) is 46.7 Å². The van der Waals surface area contributed by atoms with Crippen molar-refractivity contribution in [1.29, 1.82) is 5.26 Å². The van der Waals surface area contributed by atoms with Crippen LogP contribution in [0.2, 0.25) is 0 Å². The topological polar surface area (TPSA) is 102 Å². The van der Waals surface area contributed by atoms with Gasteiger partial charge < -0.3 is 15.5 Å². The first-order chi connectivity index (χ1) is 16.4. The number of rotatable bonds is 6. The Morgan fingerprint density at radius 1 is 1.21 bits per heavy atom. The quantitative estimate of drug-likeness (QED) is 0.561. The van der Waals surface area contributed by atoms with E-state index in [1.807, 2.05) is 24.3 Å². The third-order valence-electron chi connectivity index (χ3n) is 6.31. The van der Waals surface area contributed by atoms with Gasteiger partial charge in [-0.2, -0.15) is 5.26 Å². The van der Waals surface area contributed by atoms with Crippen LogP contribution >= 0.6 is 23.1 Å². The van der Waals surface area contributed by atoms with Gasteiger partial charge in [-0.05, 0) is 43.0 Å². The Bertz CT molecular complexity index is 1130. The molecule has 1 aliphatic heterocycles. The summed E-state index contributed by atoms with van der Waals surface area (Å²) in [5, 5.41) is 16.1. The fourth-order valence-electron chi connectivity index (χ4n) is 4.46. The summed E-state index contributed by atoms with van der Waals surface area (Å²) in [6.45, 7) is 2.61. The van der Waals surface area contributed by atoms with E-state index >= 15 is 0 Å². The van der Waals surface area contributed by atoms with Crippen LogP contribution < -0.4 is 10.6 Å². The van der Waals surface area contributed by atoms with Crippen LogP contribution in [0.25, 0.3) is 0 Å².